The fourth-order valence-electron chi connectivity index (χ4n) is 2.90. The van der Waals surface area contributed by atoms with Gasteiger partial charge in [0.25, 0.3) is 0 Å². The summed E-state index contributed by atoms with van der Waals surface area (Å²) in [5, 5.41) is 3.35. The molecule has 31 heavy (non-hydrogen) atoms. The van der Waals surface area contributed by atoms with E-state index in [-0.39, 0.29) is 17.2 Å². The molecule has 2 N–H and O–H groups in total. The number of hydrogen-bond acceptors (Lipinski definition) is 4. The van der Waals surface area contributed by atoms with Crippen LogP contribution in [0.2, 0.25) is 5.02 Å². The summed E-state index contributed by atoms with van der Waals surface area (Å²) in [7, 11) is -4.02. The molecule has 0 aromatic heterocycles. The van der Waals surface area contributed by atoms with Crippen molar-refractivity contribution in [2.24, 2.45) is 0 Å². The third-order valence-electron chi connectivity index (χ3n) is 4.62. The van der Waals surface area contributed by atoms with Crippen molar-refractivity contribution in [3.63, 3.8) is 0 Å². The highest BCUT2D eigenvalue weighted by molar-refractivity contribution is 7.89. The highest BCUT2D eigenvalue weighted by atomic mass is 35.5. The molecular weight excluding hydrogens is 436 g/mol. The Balaban J connectivity index is 1.82. The molecule has 0 bridgehead atoms. The highest BCUT2D eigenvalue weighted by Crippen LogP contribution is 2.19. The Labute approximate surface area is 186 Å². The van der Waals surface area contributed by atoms with Gasteiger partial charge in [-0.05, 0) is 42.3 Å². The van der Waals surface area contributed by atoms with Gasteiger partial charge < -0.3 is 5.32 Å². The first-order chi connectivity index (χ1) is 14.8. The highest BCUT2D eigenvalue weighted by Gasteiger charge is 2.27. The third-order valence-corrected chi connectivity index (χ3v) is 6.31. The fraction of sp³-hybridized carbons (Fsp3) is 0.130. The first-order valence-corrected chi connectivity index (χ1v) is 11.3. The van der Waals surface area contributed by atoms with E-state index in [1.54, 1.807) is 54.6 Å². The molecule has 3 aromatic carbocycles. The summed E-state index contributed by atoms with van der Waals surface area (Å²) >= 11 is 5.88. The third kappa shape index (κ3) is 6.01. The maximum absolute atomic E-state index is 12.9. The topological polar surface area (TPSA) is 92.3 Å². The zero-order chi connectivity index (χ0) is 22.4. The van der Waals surface area contributed by atoms with Gasteiger partial charge in [-0.25, -0.2) is 8.42 Å². The van der Waals surface area contributed by atoms with Gasteiger partial charge in [0.15, 0.2) is 5.78 Å². The number of Topliss-reactive ketones (excluding diaryl/α,β-unsaturated/α-hetero) is 1. The molecule has 160 valence electrons. The number of carbonyl (C=O) groups is 2. The molecule has 0 spiro atoms. The molecule has 0 radical (unpaired) electrons. The average molecular weight is 457 g/mol. The quantitative estimate of drug-likeness (QED) is 0.503. The number of hydrogen-bond donors (Lipinski definition) is 2. The maximum atomic E-state index is 12.9. The summed E-state index contributed by atoms with van der Waals surface area (Å²) in [5.74, 6) is -0.661. The van der Waals surface area contributed by atoms with E-state index in [1.165, 1.54) is 31.2 Å². The Morgan fingerprint density at radius 1 is 0.903 bits per heavy atom. The Hall–Kier alpha value is -3.00. The largest absolute Gasteiger partial charge is 0.350 e. The molecule has 6 nitrogen and oxygen atoms in total. The van der Waals surface area contributed by atoms with Crippen molar-refractivity contribution < 1.29 is 18.0 Å². The van der Waals surface area contributed by atoms with E-state index in [0.29, 0.717) is 16.1 Å². The summed E-state index contributed by atoms with van der Waals surface area (Å²) in [6.07, 6.45) is 0. The van der Waals surface area contributed by atoms with Gasteiger partial charge in [0.2, 0.25) is 15.9 Å². The first kappa shape index (κ1) is 22.7. The fourth-order valence-corrected chi connectivity index (χ4v) is 4.21. The second-order valence-electron chi connectivity index (χ2n) is 6.89. The Morgan fingerprint density at radius 3 is 2.10 bits per heavy atom. The minimum absolute atomic E-state index is 0.0380. The molecule has 0 saturated carbocycles. The van der Waals surface area contributed by atoms with E-state index >= 15 is 0 Å². The van der Waals surface area contributed by atoms with Crippen molar-refractivity contribution in [2.75, 3.05) is 0 Å². The number of sulfonamides is 1. The second kappa shape index (κ2) is 9.87. The van der Waals surface area contributed by atoms with Crippen molar-refractivity contribution in [1.82, 2.24) is 10.0 Å². The summed E-state index contributed by atoms with van der Waals surface area (Å²) < 4.78 is 28.3. The lowest BCUT2D eigenvalue weighted by Crippen LogP contribution is -2.40. The Bertz CT molecular complexity index is 1160. The molecule has 0 unspecified atom stereocenters. The monoisotopic (exact) mass is 456 g/mol. The molecule has 3 aromatic rings. The van der Waals surface area contributed by atoms with Crippen LogP contribution >= 0.6 is 11.6 Å². The van der Waals surface area contributed by atoms with E-state index in [0.717, 1.165) is 5.56 Å². The number of nitrogens with one attached hydrogen (secondary N) is 2. The van der Waals surface area contributed by atoms with Crippen LogP contribution in [0.4, 0.5) is 0 Å². The van der Waals surface area contributed by atoms with Gasteiger partial charge >= 0.3 is 0 Å². The molecule has 0 heterocycles. The van der Waals surface area contributed by atoms with Crippen LogP contribution in [0.1, 0.15) is 34.5 Å². The van der Waals surface area contributed by atoms with Gasteiger partial charge in [-0.3, -0.25) is 9.59 Å². The van der Waals surface area contributed by atoms with Gasteiger partial charge in [0, 0.05) is 17.1 Å². The molecule has 1 atom stereocenters. The predicted molar refractivity (Wildman–Crippen MR) is 119 cm³/mol. The van der Waals surface area contributed by atoms with E-state index in [1.807, 2.05) is 0 Å². The minimum atomic E-state index is -4.02. The number of ketones is 1. The molecule has 0 aliphatic carbocycles. The lowest BCUT2D eigenvalue weighted by Gasteiger charge is -2.19. The number of rotatable bonds is 8. The van der Waals surface area contributed by atoms with Gasteiger partial charge in [0.05, 0.1) is 4.90 Å². The van der Waals surface area contributed by atoms with E-state index in [2.05, 4.69) is 10.0 Å². The Kier molecular flexibility index (Phi) is 7.22. The van der Waals surface area contributed by atoms with Gasteiger partial charge in [-0.15, -0.1) is 0 Å². The van der Waals surface area contributed by atoms with E-state index in [4.69, 9.17) is 11.6 Å². The molecular formula is C23H21ClN2O4S. The average Bonchev–Trinajstić information content (AvgIpc) is 2.77. The lowest BCUT2D eigenvalue weighted by molar-refractivity contribution is -0.123. The zero-order valence-electron chi connectivity index (χ0n) is 16.7. The van der Waals surface area contributed by atoms with Gasteiger partial charge in [-0.2, -0.15) is 4.72 Å². The van der Waals surface area contributed by atoms with Crippen molar-refractivity contribution in [3.05, 3.63) is 101 Å². The van der Waals surface area contributed by atoms with Crippen LogP contribution in [-0.2, 0) is 21.4 Å². The Morgan fingerprint density at radius 2 is 1.52 bits per heavy atom. The first-order valence-electron chi connectivity index (χ1n) is 9.47. The zero-order valence-corrected chi connectivity index (χ0v) is 18.3. The number of carbonyl (C=O) groups excluding carboxylic acids is 2. The number of amides is 1. The number of benzene rings is 3. The van der Waals surface area contributed by atoms with Gasteiger partial charge in [0.1, 0.15) is 6.04 Å². The molecule has 0 aliphatic heterocycles. The van der Waals surface area contributed by atoms with Crippen LogP contribution in [0, 0.1) is 0 Å². The second-order valence-corrected chi connectivity index (χ2v) is 9.04. The summed E-state index contributed by atoms with van der Waals surface area (Å²) in [5.41, 5.74) is 1.73. The van der Waals surface area contributed by atoms with E-state index < -0.39 is 22.0 Å². The maximum Gasteiger partial charge on any atom is 0.243 e. The van der Waals surface area contributed by atoms with Crippen LogP contribution in [0.5, 0.6) is 0 Å². The van der Waals surface area contributed by atoms with Crippen molar-refractivity contribution in [2.45, 2.75) is 24.4 Å². The summed E-state index contributed by atoms with van der Waals surface area (Å²) in [6.45, 7) is 1.62. The molecule has 0 aliphatic rings. The van der Waals surface area contributed by atoms with Crippen molar-refractivity contribution in [3.8, 4) is 0 Å². The van der Waals surface area contributed by atoms with Crippen LogP contribution in [-0.4, -0.2) is 20.1 Å². The SMILES string of the molecule is CC(=O)c1ccc(S(=O)(=O)N[C@@H](C(=O)NCc2ccc(Cl)cc2)c2ccccc2)cc1. The van der Waals surface area contributed by atoms with Crippen LogP contribution in [0.25, 0.3) is 0 Å². The predicted octanol–water partition coefficient (Wildman–Crippen LogP) is 3.88. The number of halogens is 1. The van der Waals surface area contributed by atoms with E-state index in [9.17, 15) is 18.0 Å². The van der Waals surface area contributed by atoms with Crippen LogP contribution < -0.4 is 10.0 Å². The van der Waals surface area contributed by atoms with Gasteiger partial charge in [-0.1, -0.05) is 66.2 Å². The normalized spacial score (nSPS) is 12.2. The standard InChI is InChI=1S/C23H21ClN2O4S/c1-16(27)18-9-13-21(14-10-18)31(29,30)26-22(19-5-3-2-4-6-19)23(28)25-15-17-7-11-20(24)12-8-17/h2-14,22,26H,15H2,1H3,(H,25,28)/t22-/m1/s1. The molecule has 0 fully saturated rings. The summed E-state index contributed by atoms with van der Waals surface area (Å²) in [4.78, 5) is 24.3. The molecule has 3 rings (SSSR count). The molecule has 0 saturated heterocycles. The lowest BCUT2D eigenvalue weighted by atomic mass is 10.1. The molecule has 8 heteroatoms. The van der Waals surface area contributed by atoms with Crippen LogP contribution in [0.3, 0.4) is 0 Å². The summed E-state index contributed by atoms with van der Waals surface area (Å²) in [6, 6.07) is 20.0. The molecule has 1 amide bonds. The van der Waals surface area contributed by atoms with Crippen molar-refractivity contribution >= 4 is 33.3 Å². The smallest absolute Gasteiger partial charge is 0.243 e. The van der Waals surface area contributed by atoms with Crippen LogP contribution in [0.15, 0.2) is 83.8 Å². The minimum Gasteiger partial charge on any atom is -0.350 e. The van der Waals surface area contributed by atoms with Crippen molar-refractivity contribution in [1.29, 1.82) is 0 Å².